The Hall–Kier alpha value is -0.620. The standard InChI is InChI=1S/C11H24N2O3S/c1-10(2,3)17(15,16)7-6-13-11(4,5)8-9(12)14/h13H,6-8H2,1-5H3,(H2,12,14). The number of carbonyl (C=O) groups excluding carboxylic acids is 1. The smallest absolute Gasteiger partial charge is 0.219 e. The molecule has 3 N–H and O–H groups in total. The molecule has 0 bridgehead atoms. The van der Waals surface area contributed by atoms with E-state index < -0.39 is 26.0 Å². The van der Waals surface area contributed by atoms with Crippen molar-refractivity contribution in [1.82, 2.24) is 5.32 Å². The van der Waals surface area contributed by atoms with E-state index in [4.69, 9.17) is 5.73 Å². The molecule has 0 spiro atoms. The molecule has 0 fully saturated rings. The fourth-order valence-electron chi connectivity index (χ4n) is 1.33. The molecule has 0 aromatic carbocycles. The summed E-state index contributed by atoms with van der Waals surface area (Å²) in [4.78, 5) is 10.8. The average Bonchev–Trinajstić information content (AvgIpc) is 1.97. The third kappa shape index (κ3) is 6.02. The predicted molar refractivity (Wildman–Crippen MR) is 69.4 cm³/mol. The second-order valence-electron chi connectivity index (χ2n) is 5.88. The Morgan fingerprint density at radius 3 is 2.00 bits per heavy atom. The van der Waals surface area contributed by atoms with E-state index in [0.29, 0.717) is 6.54 Å². The van der Waals surface area contributed by atoms with E-state index in [-0.39, 0.29) is 12.2 Å². The molecule has 0 heterocycles. The van der Waals surface area contributed by atoms with Gasteiger partial charge in [0.05, 0.1) is 10.5 Å². The zero-order valence-electron chi connectivity index (χ0n) is 11.3. The molecule has 0 radical (unpaired) electrons. The summed E-state index contributed by atoms with van der Waals surface area (Å²) in [5, 5.41) is 3.04. The first kappa shape index (κ1) is 16.4. The van der Waals surface area contributed by atoms with Crippen molar-refractivity contribution in [2.45, 2.75) is 51.3 Å². The van der Waals surface area contributed by atoms with Crippen molar-refractivity contribution in [3.63, 3.8) is 0 Å². The SMILES string of the molecule is CC(C)(CC(N)=O)NCCS(=O)(=O)C(C)(C)C. The number of nitrogens with one attached hydrogen (secondary N) is 1. The minimum atomic E-state index is -3.13. The van der Waals surface area contributed by atoms with Gasteiger partial charge < -0.3 is 11.1 Å². The van der Waals surface area contributed by atoms with Crippen LogP contribution in [0.5, 0.6) is 0 Å². The quantitative estimate of drug-likeness (QED) is 0.728. The maximum Gasteiger partial charge on any atom is 0.219 e. The Morgan fingerprint density at radius 2 is 1.65 bits per heavy atom. The Balaban J connectivity index is 4.30. The maximum absolute atomic E-state index is 11.8. The monoisotopic (exact) mass is 264 g/mol. The van der Waals surface area contributed by atoms with Crippen molar-refractivity contribution < 1.29 is 13.2 Å². The molecule has 0 rings (SSSR count). The molecule has 17 heavy (non-hydrogen) atoms. The Kier molecular flexibility index (Phi) is 5.16. The Bertz CT molecular complexity index is 367. The van der Waals surface area contributed by atoms with Crippen LogP contribution in [0.25, 0.3) is 0 Å². The highest BCUT2D eigenvalue weighted by atomic mass is 32.2. The summed E-state index contributed by atoms with van der Waals surface area (Å²) in [6.45, 7) is 8.99. The Labute approximate surface area is 104 Å². The van der Waals surface area contributed by atoms with Crippen LogP contribution in [0.4, 0.5) is 0 Å². The first-order valence-corrected chi connectivity index (χ1v) is 7.28. The molecule has 5 nitrogen and oxygen atoms in total. The third-order valence-electron chi connectivity index (χ3n) is 2.52. The third-order valence-corrected chi connectivity index (χ3v) is 5.13. The van der Waals surface area contributed by atoms with E-state index in [1.807, 2.05) is 13.8 Å². The van der Waals surface area contributed by atoms with E-state index in [1.165, 1.54) is 0 Å². The normalized spacial score (nSPS) is 13.7. The summed E-state index contributed by atoms with van der Waals surface area (Å²) in [6, 6.07) is 0. The molecule has 102 valence electrons. The summed E-state index contributed by atoms with van der Waals surface area (Å²) < 4.78 is 22.9. The van der Waals surface area contributed by atoms with Crippen molar-refractivity contribution in [3.05, 3.63) is 0 Å². The van der Waals surface area contributed by atoms with Gasteiger partial charge in [0.15, 0.2) is 9.84 Å². The van der Waals surface area contributed by atoms with Gasteiger partial charge in [-0.3, -0.25) is 4.79 Å². The zero-order valence-corrected chi connectivity index (χ0v) is 12.1. The summed E-state index contributed by atoms with van der Waals surface area (Å²) >= 11 is 0. The highest BCUT2D eigenvalue weighted by molar-refractivity contribution is 7.92. The maximum atomic E-state index is 11.8. The summed E-state index contributed by atoms with van der Waals surface area (Å²) in [5.74, 6) is -0.347. The molecule has 0 saturated heterocycles. The molecule has 0 aromatic heterocycles. The molecule has 0 aliphatic carbocycles. The van der Waals surface area contributed by atoms with Crippen molar-refractivity contribution >= 4 is 15.7 Å². The fourth-order valence-corrected chi connectivity index (χ4v) is 2.31. The van der Waals surface area contributed by atoms with Gasteiger partial charge in [-0.05, 0) is 34.6 Å². The fraction of sp³-hybridized carbons (Fsp3) is 0.909. The first-order chi connectivity index (χ1) is 7.37. The lowest BCUT2D eigenvalue weighted by Crippen LogP contribution is -2.45. The molecule has 0 saturated carbocycles. The number of rotatable bonds is 6. The molecule has 1 amide bonds. The van der Waals surface area contributed by atoms with Crippen LogP contribution in [0.2, 0.25) is 0 Å². The first-order valence-electron chi connectivity index (χ1n) is 5.63. The highest BCUT2D eigenvalue weighted by Gasteiger charge is 2.29. The van der Waals surface area contributed by atoms with Crippen LogP contribution in [0.3, 0.4) is 0 Å². The summed E-state index contributed by atoms with van der Waals surface area (Å²) in [6.07, 6.45) is 0.183. The highest BCUT2D eigenvalue weighted by Crippen LogP contribution is 2.16. The number of nitrogens with two attached hydrogens (primary N) is 1. The lowest BCUT2D eigenvalue weighted by atomic mass is 10.0. The average molecular weight is 264 g/mol. The van der Waals surface area contributed by atoms with Gasteiger partial charge in [-0.2, -0.15) is 0 Å². The van der Waals surface area contributed by atoms with Gasteiger partial charge >= 0.3 is 0 Å². The molecule has 0 aromatic rings. The number of hydrogen-bond donors (Lipinski definition) is 2. The molecule has 0 aliphatic rings. The summed E-state index contributed by atoms with van der Waals surface area (Å²) in [5.41, 5.74) is 4.64. The van der Waals surface area contributed by atoms with Gasteiger partial charge in [-0.15, -0.1) is 0 Å². The Morgan fingerprint density at radius 1 is 1.18 bits per heavy atom. The predicted octanol–water partition coefficient (Wildman–Crippen LogP) is 0.443. The van der Waals surface area contributed by atoms with Gasteiger partial charge in [0.2, 0.25) is 5.91 Å². The van der Waals surface area contributed by atoms with E-state index in [2.05, 4.69) is 5.32 Å². The minimum absolute atomic E-state index is 0.0543. The van der Waals surface area contributed by atoms with Gasteiger partial charge in [-0.1, -0.05) is 0 Å². The lowest BCUT2D eigenvalue weighted by molar-refractivity contribution is -0.119. The van der Waals surface area contributed by atoms with Crippen LogP contribution in [-0.2, 0) is 14.6 Å². The van der Waals surface area contributed by atoms with Gasteiger partial charge in [0.1, 0.15) is 0 Å². The van der Waals surface area contributed by atoms with Crippen LogP contribution in [0.1, 0.15) is 41.0 Å². The second kappa shape index (κ2) is 5.35. The van der Waals surface area contributed by atoms with E-state index in [0.717, 1.165) is 0 Å². The van der Waals surface area contributed by atoms with Crippen LogP contribution in [-0.4, -0.2) is 36.9 Å². The molecule has 0 aliphatic heterocycles. The number of hydrogen-bond acceptors (Lipinski definition) is 4. The largest absolute Gasteiger partial charge is 0.370 e. The van der Waals surface area contributed by atoms with E-state index in [9.17, 15) is 13.2 Å². The molecule has 0 atom stereocenters. The van der Waals surface area contributed by atoms with E-state index in [1.54, 1.807) is 20.8 Å². The molecule has 0 unspecified atom stereocenters. The van der Waals surface area contributed by atoms with Crippen molar-refractivity contribution in [2.75, 3.05) is 12.3 Å². The van der Waals surface area contributed by atoms with Gasteiger partial charge in [-0.25, -0.2) is 8.42 Å². The molecular formula is C11H24N2O3S. The van der Waals surface area contributed by atoms with Crippen LogP contribution < -0.4 is 11.1 Å². The van der Waals surface area contributed by atoms with Crippen molar-refractivity contribution in [1.29, 1.82) is 0 Å². The lowest BCUT2D eigenvalue weighted by Gasteiger charge is -2.26. The van der Waals surface area contributed by atoms with Crippen molar-refractivity contribution in [2.24, 2.45) is 5.73 Å². The number of primary amides is 1. The van der Waals surface area contributed by atoms with E-state index >= 15 is 0 Å². The summed E-state index contributed by atoms with van der Waals surface area (Å²) in [7, 11) is -3.13. The van der Waals surface area contributed by atoms with Gasteiger partial charge in [0.25, 0.3) is 0 Å². The number of carbonyl (C=O) groups is 1. The number of sulfone groups is 1. The van der Waals surface area contributed by atoms with Crippen LogP contribution >= 0.6 is 0 Å². The molecular weight excluding hydrogens is 240 g/mol. The second-order valence-corrected chi connectivity index (χ2v) is 8.75. The topological polar surface area (TPSA) is 89.3 Å². The molecule has 6 heteroatoms. The van der Waals surface area contributed by atoms with Gasteiger partial charge in [0, 0.05) is 18.5 Å². The number of amides is 1. The van der Waals surface area contributed by atoms with Crippen molar-refractivity contribution in [3.8, 4) is 0 Å². The van der Waals surface area contributed by atoms with Crippen LogP contribution in [0, 0.1) is 0 Å². The minimum Gasteiger partial charge on any atom is -0.370 e. The zero-order chi connectivity index (χ0) is 13.9. The van der Waals surface area contributed by atoms with Crippen LogP contribution in [0.15, 0.2) is 0 Å².